The van der Waals surface area contributed by atoms with Gasteiger partial charge in [-0.25, -0.2) is 14.4 Å². The van der Waals surface area contributed by atoms with Gasteiger partial charge in [-0.15, -0.1) is 0 Å². The van der Waals surface area contributed by atoms with Gasteiger partial charge in [-0.1, -0.05) is 12.6 Å². The largest absolute Gasteiger partial charge is 0.494 e. The minimum atomic E-state index is -0.502. The van der Waals surface area contributed by atoms with Crippen molar-refractivity contribution in [3.05, 3.63) is 55.0 Å². The molecule has 34 heavy (non-hydrogen) atoms. The number of halogens is 1. The van der Waals surface area contributed by atoms with Gasteiger partial charge in [0.15, 0.2) is 17.3 Å². The fourth-order valence-electron chi connectivity index (χ4n) is 4.03. The van der Waals surface area contributed by atoms with Gasteiger partial charge in [0, 0.05) is 41.4 Å². The first kappa shape index (κ1) is 23.6. The summed E-state index contributed by atoms with van der Waals surface area (Å²) in [4.78, 5) is 21.0. The van der Waals surface area contributed by atoms with Crippen molar-refractivity contribution in [3.63, 3.8) is 0 Å². The summed E-state index contributed by atoms with van der Waals surface area (Å²) in [5.74, 6) is 0.725. The Balaban J connectivity index is 1.69. The number of aliphatic hydroxyl groups excluding tert-OH is 1. The molecule has 1 aliphatic rings. The van der Waals surface area contributed by atoms with E-state index in [1.807, 2.05) is 6.07 Å². The number of anilines is 2. The number of nitrogens with one attached hydrogen (secondary N) is 2. The zero-order valence-electron chi connectivity index (χ0n) is 18.9. The van der Waals surface area contributed by atoms with Crippen molar-refractivity contribution >= 4 is 28.2 Å². The Morgan fingerprint density at radius 1 is 1.38 bits per heavy atom. The summed E-state index contributed by atoms with van der Waals surface area (Å²) < 4.78 is 25.6. The van der Waals surface area contributed by atoms with Crippen LogP contribution in [0.1, 0.15) is 6.42 Å². The fraction of sp³-hybridized carbons (Fsp3) is 0.320. The Labute approximate surface area is 196 Å². The van der Waals surface area contributed by atoms with Crippen molar-refractivity contribution in [3.8, 4) is 17.0 Å². The smallest absolute Gasteiger partial charge is 0.174 e. The van der Waals surface area contributed by atoms with Gasteiger partial charge in [0.05, 0.1) is 38.7 Å². The van der Waals surface area contributed by atoms with E-state index in [-0.39, 0.29) is 36.6 Å². The molecule has 1 aromatic carbocycles. The Kier molecular flexibility index (Phi) is 7.34. The maximum atomic E-state index is 14.9. The predicted octanol–water partition coefficient (Wildman–Crippen LogP) is 3.42. The van der Waals surface area contributed by atoms with Crippen molar-refractivity contribution in [1.29, 1.82) is 0 Å². The SMILES string of the molecule is C=CC(=O)C[C@H]1COC[C@H]1Nc1cc2c(NCCO)nc(-c3cccc(OC)c3F)cc2cn1. The quantitative estimate of drug-likeness (QED) is 0.391. The number of aliphatic hydroxyl groups is 1. The highest BCUT2D eigenvalue weighted by Gasteiger charge is 2.30. The van der Waals surface area contributed by atoms with Gasteiger partial charge >= 0.3 is 0 Å². The standard InChI is InChI=1S/C25H27FN4O4/c1-3-17(32)9-16-13-34-14-21(16)29-23-11-19-15(12-28-23)10-20(30-25(19)27-7-8-31)18-5-4-6-22(33-2)24(18)26/h3-6,10-12,16,21,31H,1,7-9,13-14H2,2H3,(H,27,30)(H,28,29)/t16-,21+/m0/s1. The van der Waals surface area contributed by atoms with Crippen molar-refractivity contribution in [2.45, 2.75) is 12.5 Å². The average molecular weight is 467 g/mol. The van der Waals surface area contributed by atoms with Crippen LogP contribution in [-0.4, -0.2) is 60.4 Å². The lowest BCUT2D eigenvalue weighted by atomic mass is 9.97. The van der Waals surface area contributed by atoms with Crippen LogP contribution in [0.25, 0.3) is 22.0 Å². The van der Waals surface area contributed by atoms with Crippen molar-refractivity contribution in [2.24, 2.45) is 5.92 Å². The molecule has 0 amide bonds. The van der Waals surface area contributed by atoms with Gasteiger partial charge < -0.3 is 25.2 Å². The van der Waals surface area contributed by atoms with Crippen LogP contribution in [0.2, 0.25) is 0 Å². The second-order valence-corrected chi connectivity index (χ2v) is 8.04. The van der Waals surface area contributed by atoms with E-state index in [4.69, 9.17) is 9.47 Å². The number of hydrogen-bond acceptors (Lipinski definition) is 8. The van der Waals surface area contributed by atoms with Gasteiger partial charge in [-0.3, -0.25) is 4.79 Å². The van der Waals surface area contributed by atoms with Crippen LogP contribution >= 0.6 is 0 Å². The second kappa shape index (κ2) is 10.6. The third-order valence-corrected chi connectivity index (χ3v) is 5.80. The number of ether oxygens (including phenoxy) is 2. The van der Waals surface area contributed by atoms with Crippen LogP contribution in [0.4, 0.5) is 16.0 Å². The topological polar surface area (TPSA) is 106 Å². The van der Waals surface area contributed by atoms with Crippen molar-refractivity contribution < 1.29 is 23.8 Å². The molecule has 3 N–H and O–H groups in total. The summed E-state index contributed by atoms with van der Waals surface area (Å²) in [7, 11) is 1.41. The monoisotopic (exact) mass is 466 g/mol. The first-order valence-electron chi connectivity index (χ1n) is 11.0. The minimum absolute atomic E-state index is 0.0199. The number of carbonyl (C=O) groups is 1. The number of benzene rings is 1. The molecular formula is C25H27FN4O4. The molecule has 0 saturated carbocycles. The zero-order valence-corrected chi connectivity index (χ0v) is 18.9. The highest BCUT2D eigenvalue weighted by molar-refractivity contribution is 5.95. The number of aromatic nitrogens is 2. The van der Waals surface area contributed by atoms with Crippen LogP contribution < -0.4 is 15.4 Å². The summed E-state index contributed by atoms with van der Waals surface area (Å²) in [6, 6.07) is 8.42. The molecule has 0 spiro atoms. The van der Waals surface area contributed by atoms with Crippen LogP contribution in [-0.2, 0) is 9.53 Å². The van der Waals surface area contributed by atoms with E-state index in [2.05, 4.69) is 27.2 Å². The van der Waals surface area contributed by atoms with Gasteiger partial charge in [-0.2, -0.15) is 0 Å². The summed E-state index contributed by atoms with van der Waals surface area (Å²) in [5, 5.41) is 17.3. The molecule has 9 heteroatoms. The Hall–Kier alpha value is -3.56. The number of pyridine rings is 2. The third kappa shape index (κ3) is 5.00. The van der Waals surface area contributed by atoms with Crippen LogP contribution in [0, 0.1) is 11.7 Å². The molecule has 0 bridgehead atoms. The van der Waals surface area contributed by atoms with E-state index >= 15 is 0 Å². The van der Waals surface area contributed by atoms with Gasteiger partial charge in [-0.05, 0) is 30.3 Å². The average Bonchev–Trinajstić information content (AvgIpc) is 3.28. The Morgan fingerprint density at radius 2 is 2.24 bits per heavy atom. The number of nitrogens with zero attached hydrogens (tertiary/aromatic N) is 2. The molecule has 0 aliphatic carbocycles. The summed E-state index contributed by atoms with van der Waals surface area (Å²) in [6.07, 6.45) is 3.37. The van der Waals surface area contributed by atoms with E-state index in [0.717, 1.165) is 10.8 Å². The second-order valence-electron chi connectivity index (χ2n) is 8.04. The lowest BCUT2D eigenvalue weighted by Gasteiger charge is -2.19. The van der Waals surface area contributed by atoms with Crippen molar-refractivity contribution in [1.82, 2.24) is 9.97 Å². The number of rotatable bonds is 10. The molecular weight excluding hydrogens is 439 g/mol. The first-order valence-corrected chi connectivity index (χ1v) is 11.0. The molecule has 2 atom stereocenters. The number of fused-ring (bicyclic) bond motifs is 1. The number of methoxy groups -OCH3 is 1. The summed E-state index contributed by atoms with van der Waals surface area (Å²) >= 11 is 0. The molecule has 0 unspecified atom stereocenters. The lowest BCUT2D eigenvalue weighted by molar-refractivity contribution is -0.115. The van der Waals surface area contributed by atoms with Crippen LogP contribution in [0.3, 0.4) is 0 Å². The maximum Gasteiger partial charge on any atom is 0.174 e. The normalized spacial score (nSPS) is 17.5. The maximum absolute atomic E-state index is 14.9. The highest BCUT2D eigenvalue weighted by atomic mass is 19.1. The molecule has 1 aliphatic heterocycles. The molecule has 8 nitrogen and oxygen atoms in total. The molecule has 1 fully saturated rings. The highest BCUT2D eigenvalue weighted by Crippen LogP contribution is 2.33. The number of hydrogen-bond donors (Lipinski definition) is 3. The predicted molar refractivity (Wildman–Crippen MR) is 129 cm³/mol. The fourth-order valence-corrected chi connectivity index (χ4v) is 4.03. The number of carbonyl (C=O) groups excluding carboxylic acids is 1. The molecule has 3 heterocycles. The minimum Gasteiger partial charge on any atom is -0.494 e. The zero-order chi connectivity index (χ0) is 24.1. The van der Waals surface area contributed by atoms with Gasteiger partial charge in [0.25, 0.3) is 0 Å². The molecule has 3 aromatic rings. The third-order valence-electron chi connectivity index (χ3n) is 5.80. The summed E-state index contributed by atoms with van der Waals surface area (Å²) in [5.41, 5.74) is 0.715. The molecule has 1 saturated heterocycles. The van der Waals surface area contributed by atoms with E-state index in [1.165, 1.54) is 13.2 Å². The van der Waals surface area contributed by atoms with E-state index in [1.54, 1.807) is 30.5 Å². The first-order chi connectivity index (χ1) is 16.5. The van der Waals surface area contributed by atoms with Gasteiger partial charge in [0.2, 0.25) is 0 Å². The van der Waals surface area contributed by atoms with E-state index in [9.17, 15) is 14.3 Å². The molecule has 4 rings (SSSR count). The van der Waals surface area contributed by atoms with E-state index in [0.29, 0.717) is 42.5 Å². The van der Waals surface area contributed by atoms with Gasteiger partial charge in [0.1, 0.15) is 11.6 Å². The molecule has 2 aromatic heterocycles. The number of ketones is 1. The lowest BCUT2D eigenvalue weighted by Crippen LogP contribution is -2.29. The Bertz CT molecular complexity index is 1200. The van der Waals surface area contributed by atoms with Crippen LogP contribution in [0.5, 0.6) is 5.75 Å². The van der Waals surface area contributed by atoms with Crippen molar-refractivity contribution in [2.75, 3.05) is 44.1 Å². The summed E-state index contributed by atoms with van der Waals surface area (Å²) in [6.45, 7) is 4.69. The Morgan fingerprint density at radius 3 is 3.00 bits per heavy atom. The molecule has 0 radical (unpaired) electrons. The number of allylic oxidation sites excluding steroid dienone is 1. The van der Waals surface area contributed by atoms with E-state index < -0.39 is 5.82 Å². The van der Waals surface area contributed by atoms with Crippen LogP contribution in [0.15, 0.2) is 49.2 Å². The molecule has 178 valence electrons.